The lowest BCUT2D eigenvalue weighted by Crippen LogP contribution is -2.18. The Morgan fingerprint density at radius 1 is 1.50 bits per heavy atom. The molecule has 0 saturated heterocycles. The molecule has 1 nitrogen and oxygen atoms in total. The molecule has 0 spiro atoms. The highest BCUT2D eigenvalue weighted by Crippen LogP contribution is 2.28. The van der Waals surface area contributed by atoms with Crippen molar-refractivity contribution in [2.45, 2.75) is 20.3 Å². The SMILES string of the molecule is CC(C)(CO)Cc1ccc(Cl)s1. The summed E-state index contributed by atoms with van der Waals surface area (Å²) < 4.78 is 0.818. The molecule has 0 aromatic carbocycles. The number of aliphatic hydroxyl groups excluding tert-OH is 1. The van der Waals surface area contributed by atoms with Gasteiger partial charge in [0.15, 0.2) is 0 Å². The number of halogens is 1. The smallest absolute Gasteiger partial charge is 0.0931 e. The van der Waals surface area contributed by atoms with Crippen molar-refractivity contribution >= 4 is 22.9 Å². The molecule has 1 rings (SSSR count). The molecule has 0 unspecified atom stereocenters. The molecule has 0 radical (unpaired) electrons. The molecule has 12 heavy (non-hydrogen) atoms. The molecule has 0 atom stereocenters. The Kier molecular flexibility index (Phi) is 3.16. The van der Waals surface area contributed by atoms with E-state index in [1.165, 1.54) is 4.88 Å². The Morgan fingerprint density at radius 2 is 2.17 bits per heavy atom. The highest BCUT2D eigenvalue weighted by atomic mass is 35.5. The molecule has 1 aromatic heterocycles. The Bertz CT molecular complexity index is 255. The zero-order valence-electron chi connectivity index (χ0n) is 7.30. The van der Waals surface area contributed by atoms with Crippen molar-refractivity contribution in [2.24, 2.45) is 5.41 Å². The normalized spacial score (nSPS) is 12.0. The van der Waals surface area contributed by atoms with Gasteiger partial charge in [-0.3, -0.25) is 0 Å². The van der Waals surface area contributed by atoms with Crippen molar-refractivity contribution in [3.63, 3.8) is 0 Å². The molecule has 0 bridgehead atoms. The molecule has 3 heteroatoms. The van der Waals surface area contributed by atoms with Crippen LogP contribution in [0.3, 0.4) is 0 Å². The minimum absolute atomic E-state index is 0.0335. The Labute approximate surface area is 82.0 Å². The van der Waals surface area contributed by atoms with Crippen LogP contribution < -0.4 is 0 Å². The molecule has 1 N–H and O–H groups in total. The van der Waals surface area contributed by atoms with Gasteiger partial charge in [-0.2, -0.15) is 0 Å². The number of thiophene rings is 1. The maximum absolute atomic E-state index is 9.03. The maximum atomic E-state index is 9.03. The second-order valence-electron chi connectivity index (χ2n) is 3.70. The molecule has 0 aliphatic rings. The average Bonchev–Trinajstić information content (AvgIpc) is 2.35. The Hall–Kier alpha value is -0.0500. The first-order chi connectivity index (χ1) is 5.53. The fourth-order valence-corrected chi connectivity index (χ4v) is 2.32. The van der Waals surface area contributed by atoms with Gasteiger partial charge in [0.1, 0.15) is 0 Å². The van der Waals surface area contributed by atoms with Crippen molar-refractivity contribution in [3.05, 3.63) is 21.3 Å². The molecule has 0 saturated carbocycles. The average molecular weight is 205 g/mol. The fourth-order valence-electron chi connectivity index (χ4n) is 0.974. The highest BCUT2D eigenvalue weighted by molar-refractivity contribution is 7.16. The molecule has 1 heterocycles. The lowest BCUT2D eigenvalue weighted by molar-refractivity contribution is 0.160. The van der Waals surface area contributed by atoms with Crippen LogP contribution in [0.2, 0.25) is 4.34 Å². The van der Waals surface area contributed by atoms with Crippen LogP contribution in [0.15, 0.2) is 12.1 Å². The number of hydrogen-bond donors (Lipinski definition) is 1. The molecular weight excluding hydrogens is 192 g/mol. The summed E-state index contributed by atoms with van der Waals surface area (Å²) in [5, 5.41) is 9.03. The van der Waals surface area contributed by atoms with Gasteiger partial charge in [0.2, 0.25) is 0 Å². The summed E-state index contributed by atoms with van der Waals surface area (Å²) in [6.45, 7) is 4.30. The third-order valence-electron chi connectivity index (χ3n) is 1.71. The third-order valence-corrected chi connectivity index (χ3v) is 2.94. The van der Waals surface area contributed by atoms with Crippen molar-refractivity contribution in [3.8, 4) is 0 Å². The van der Waals surface area contributed by atoms with E-state index in [9.17, 15) is 0 Å². The minimum Gasteiger partial charge on any atom is -0.396 e. The zero-order chi connectivity index (χ0) is 9.19. The van der Waals surface area contributed by atoms with E-state index in [4.69, 9.17) is 16.7 Å². The van der Waals surface area contributed by atoms with E-state index >= 15 is 0 Å². The van der Waals surface area contributed by atoms with Crippen LogP contribution in [0, 0.1) is 5.41 Å². The Morgan fingerprint density at radius 3 is 2.58 bits per heavy atom. The van der Waals surface area contributed by atoms with Gasteiger partial charge in [0.05, 0.1) is 4.34 Å². The largest absolute Gasteiger partial charge is 0.396 e. The van der Waals surface area contributed by atoms with E-state index in [0.29, 0.717) is 0 Å². The van der Waals surface area contributed by atoms with Gasteiger partial charge in [0, 0.05) is 11.5 Å². The predicted molar refractivity (Wildman–Crippen MR) is 53.9 cm³/mol. The van der Waals surface area contributed by atoms with Crippen LogP contribution in [-0.2, 0) is 6.42 Å². The topological polar surface area (TPSA) is 20.2 Å². The van der Waals surface area contributed by atoms with Crippen LogP contribution >= 0.6 is 22.9 Å². The van der Waals surface area contributed by atoms with Crippen LogP contribution in [0.1, 0.15) is 18.7 Å². The van der Waals surface area contributed by atoms with Gasteiger partial charge < -0.3 is 5.11 Å². The molecule has 0 amide bonds. The van der Waals surface area contributed by atoms with Gasteiger partial charge in [-0.1, -0.05) is 25.4 Å². The molecule has 0 fully saturated rings. The van der Waals surface area contributed by atoms with Crippen molar-refractivity contribution in [1.29, 1.82) is 0 Å². The van der Waals surface area contributed by atoms with Crippen LogP contribution in [0.5, 0.6) is 0 Å². The quantitative estimate of drug-likeness (QED) is 0.803. The second-order valence-corrected chi connectivity index (χ2v) is 5.50. The molecule has 0 aliphatic heterocycles. The van der Waals surface area contributed by atoms with Crippen LogP contribution in [-0.4, -0.2) is 11.7 Å². The zero-order valence-corrected chi connectivity index (χ0v) is 8.87. The van der Waals surface area contributed by atoms with Gasteiger partial charge in [-0.15, -0.1) is 11.3 Å². The molecular formula is C9H13ClOS. The van der Waals surface area contributed by atoms with Crippen LogP contribution in [0.4, 0.5) is 0 Å². The van der Waals surface area contributed by atoms with Gasteiger partial charge in [-0.05, 0) is 24.0 Å². The van der Waals surface area contributed by atoms with E-state index in [0.717, 1.165) is 10.8 Å². The summed E-state index contributed by atoms with van der Waals surface area (Å²) in [4.78, 5) is 1.24. The van der Waals surface area contributed by atoms with Gasteiger partial charge in [0.25, 0.3) is 0 Å². The van der Waals surface area contributed by atoms with E-state index in [-0.39, 0.29) is 12.0 Å². The van der Waals surface area contributed by atoms with Crippen molar-refractivity contribution in [1.82, 2.24) is 0 Å². The second kappa shape index (κ2) is 3.77. The lowest BCUT2D eigenvalue weighted by Gasteiger charge is -2.19. The first kappa shape index (κ1) is 10.0. The van der Waals surface area contributed by atoms with Gasteiger partial charge >= 0.3 is 0 Å². The Balaban J connectivity index is 2.63. The molecule has 1 aromatic rings. The first-order valence-corrected chi connectivity index (χ1v) is 5.08. The van der Waals surface area contributed by atoms with E-state index in [1.807, 2.05) is 26.0 Å². The lowest BCUT2D eigenvalue weighted by atomic mass is 9.90. The molecule has 68 valence electrons. The predicted octanol–water partition coefficient (Wildman–Crippen LogP) is 2.96. The van der Waals surface area contributed by atoms with Gasteiger partial charge in [-0.25, -0.2) is 0 Å². The third kappa shape index (κ3) is 2.77. The standard InChI is InChI=1S/C9H13ClOS/c1-9(2,6-11)5-7-3-4-8(10)12-7/h3-4,11H,5-6H2,1-2H3. The minimum atomic E-state index is -0.0335. The summed E-state index contributed by atoms with van der Waals surface area (Å²) in [7, 11) is 0. The number of rotatable bonds is 3. The summed E-state index contributed by atoms with van der Waals surface area (Å²) in [5.74, 6) is 0. The summed E-state index contributed by atoms with van der Waals surface area (Å²) in [5.41, 5.74) is -0.0335. The summed E-state index contributed by atoms with van der Waals surface area (Å²) in [6, 6.07) is 3.92. The summed E-state index contributed by atoms with van der Waals surface area (Å²) >= 11 is 7.37. The highest BCUT2D eigenvalue weighted by Gasteiger charge is 2.17. The monoisotopic (exact) mass is 204 g/mol. The number of aliphatic hydroxyl groups is 1. The fraction of sp³-hybridized carbons (Fsp3) is 0.556. The van der Waals surface area contributed by atoms with Crippen molar-refractivity contribution in [2.75, 3.05) is 6.61 Å². The van der Waals surface area contributed by atoms with E-state index in [1.54, 1.807) is 11.3 Å². The maximum Gasteiger partial charge on any atom is 0.0931 e. The van der Waals surface area contributed by atoms with Crippen LogP contribution in [0.25, 0.3) is 0 Å². The number of hydrogen-bond acceptors (Lipinski definition) is 2. The van der Waals surface area contributed by atoms with E-state index < -0.39 is 0 Å². The molecule has 0 aliphatic carbocycles. The van der Waals surface area contributed by atoms with Crippen molar-refractivity contribution < 1.29 is 5.11 Å². The first-order valence-electron chi connectivity index (χ1n) is 3.88. The van der Waals surface area contributed by atoms with E-state index in [2.05, 4.69) is 0 Å². The summed E-state index contributed by atoms with van der Waals surface area (Å²) in [6.07, 6.45) is 0.890.